The number of nitrogens with one attached hydrogen (secondary N) is 2. The molecule has 0 aliphatic heterocycles. The number of carbonyl (C=O) groups is 2. The fourth-order valence-corrected chi connectivity index (χ4v) is 4.92. The second-order valence-electron chi connectivity index (χ2n) is 8.26. The average molecular weight is 627 g/mol. The minimum absolute atomic E-state index is 0.113. The molecule has 0 radical (unpaired) electrons. The zero-order chi connectivity index (χ0) is 27.6. The first-order chi connectivity index (χ1) is 18.9. The molecule has 3 aromatic carbocycles. The summed E-state index contributed by atoms with van der Waals surface area (Å²) in [5.41, 5.74) is 5.21. The lowest BCUT2D eigenvalue weighted by Crippen LogP contribution is -2.18. The van der Waals surface area contributed by atoms with Gasteiger partial charge in [-0.25, -0.2) is 5.43 Å². The van der Waals surface area contributed by atoms with E-state index in [-0.39, 0.29) is 11.8 Å². The van der Waals surface area contributed by atoms with Crippen molar-refractivity contribution in [3.05, 3.63) is 109 Å². The van der Waals surface area contributed by atoms with Crippen molar-refractivity contribution in [1.29, 1.82) is 0 Å². The summed E-state index contributed by atoms with van der Waals surface area (Å²) in [7, 11) is 0. The lowest BCUT2D eigenvalue weighted by molar-refractivity contribution is -0.115. The number of ether oxygens (including phenoxy) is 2. The summed E-state index contributed by atoms with van der Waals surface area (Å²) >= 11 is 11.0. The molecule has 1 heterocycles. The number of rotatable bonds is 11. The van der Waals surface area contributed by atoms with Crippen LogP contribution >= 0.6 is 38.9 Å². The van der Waals surface area contributed by atoms with Crippen LogP contribution < -0.4 is 20.2 Å². The highest BCUT2D eigenvalue weighted by Gasteiger charge is 2.13. The number of anilines is 1. The molecule has 2 N–H and O–H groups in total. The van der Waals surface area contributed by atoms with Gasteiger partial charge >= 0.3 is 0 Å². The Labute approximate surface area is 243 Å². The third-order valence-electron chi connectivity index (χ3n) is 5.35. The molecule has 0 aliphatic carbocycles. The predicted octanol–water partition coefficient (Wildman–Crippen LogP) is 7.09. The fraction of sp³-hybridized carbons (Fsp3) is 0.138. The summed E-state index contributed by atoms with van der Waals surface area (Å²) < 4.78 is 12.5. The molecule has 0 spiro atoms. The maximum absolute atomic E-state index is 12.5. The van der Waals surface area contributed by atoms with E-state index in [0.717, 1.165) is 10.4 Å². The normalized spacial score (nSPS) is 10.8. The van der Waals surface area contributed by atoms with Crippen molar-refractivity contribution < 1.29 is 19.1 Å². The van der Waals surface area contributed by atoms with E-state index in [1.165, 1.54) is 17.6 Å². The number of thiophene rings is 1. The number of hydrogen-bond donors (Lipinski definition) is 2. The van der Waals surface area contributed by atoms with Crippen molar-refractivity contribution in [2.45, 2.75) is 20.0 Å². The van der Waals surface area contributed by atoms with Gasteiger partial charge in [0, 0.05) is 21.2 Å². The minimum atomic E-state index is -0.380. The van der Waals surface area contributed by atoms with Crippen LogP contribution in [0.2, 0.25) is 5.02 Å². The Kier molecular flexibility index (Phi) is 10.1. The predicted molar refractivity (Wildman–Crippen MR) is 159 cm³/mol. The molecular weight excluding hydrogens is 602 g/mol. The molecule has 4 aromatic rings. The molecule has 0 aliphatic rings. The lowest BCUT2D eigenvalue weighted by atomic mass is 10.2. The maximum atomic E-state index is 12.5. The van der Waals surface area contributed by atoms with Crippen LogP contribution in [0.4, 0.5) is 5.69 Å². The number of hydrogen-bond acceptors (Lipinski definition) is 6. The Morgan fingerprint density at radius 3 is 2.51 bits per heavy atom. The molecule has 0 unspecified atom stereocenters. The number of nitrogens with zero attached hydrogens (tertiary/aromatic N) is 1. The third kappa shape index (κ3) is 8.41. The van der Waals surface area contributed by atoms with Crippen molar-refractivity contribution in [1.82, 2.24) is 5.43 Å². The molecule has 4 rings (SSSR count). The van der Waals surface area contributed by atoms with Crippen molar-refractivity contribution in [2.24, 2.45) is 5.10 Å². The SMILES string of the molecule is CCOc1cc(/C=N/NC(=O)c2ccc(NC(=O)Cc3cccs3)cc2)cc(Br)c1OCc1ccc(Cl)cc1. The van der Waals surface area contributed by atoms with Gasteiger partial charge in [-0.05, 0) is 94.0 Å². The molecule has 0 atom stereocenters. The van der Waals surface area contributed by atoms with Gasteiger partial charge in [-0.3, -0.25) is 9.59 Å². The quantitative estimate of drug-likeness (QED) is 0.137. The topological polar surface area (TPSA) is 89.0 Å². The van der Waals surface area contributed by atoms with Crippen LogP contribution in [0, 0.1) is 0 Å². The summed E-state index contributed by atoms with van der Waals surface area (Å²) in [5, 5.41) is 9.51. The van der Waals surface area contributed by atoms with Gasteiger partial charge in [0.1, 0.15) is 6.61 Å². The molecule has 0 saturated carbocycles. The van der Waals surface area contributed by atoms with E-state index in [1.807, 2.05) is 54.8 Å². The van der Waals surface area contributed by atoms with Crippen LogP contribution in [0.25, 0.3) is 0 Å². The van der Waals surface area contributed by atoms with Gasteiger partial charge in [0.05, 0.1) is 23.7 Å². The zero-order valence-corrected chi connectivity index (χ0v) is 24.1. The molecule has 0 saturated heterocycles. The van der Waals surface area contributed by atoms with E-state index in [9.17, 15) is 9.59 Å². The Hall–Kier alpha value is -3.66. The van der Waals surface area contributed by atoms with E-state index in [1.54, 1.807) is 30.3 Å². The Balaban J connectivity index is 1.34. The van der Waals surface area contributed by atoms with Crippen molar-refractivity contribution >= 4 is 62.6 Å². The molecule has 7 nitrogen and oxygen atoms in total. The zero-order valence-electron chi connectivity index (χ0n) is 20.9. The van der Waals surface area contributed by atoms with Crippen LogP contribution in [0.5, 0.6) is 11.5 Å². The van der Waals surface area contributed by atoms with E-state index < -0.39 is 0 Å². The Bertz CT molecular complexity index is 1440. The van der Waals surface area contributed by atoms with Crippen LogP contribution in [0.3, 0.4) is 0 Å². The van der Waals surface area contributed by atoms with Gasteiger partial charge in [-0.1, -0.05) is 29.8 Å². The first kappa shape index (κ1) is 28.4. The van der Waals surface area contributed by atoms with Crippen LogP contribution in [0.1, 0.15) is 33.3 Å². The molecule has 2 amide bonds. The average Bonchev–Trinajstić information content (AvgIpc) is 3.42. The maximum Gasteiger partial charge on any atom is 0.271 e. The van der Waals surface area contributed by atoms with E-state index in [4.69, 9.17) is 21.1 Å². The van der Waals surface area contributed by atoms with Crippen molar-refractivity contribution in [3.8, 4) is 11.5 Å². The van der Waals surface area contributed by atoms with Gasteiger partial charge in [-0.2, -0.15) is 5.10 Å². The van der Waals surface area contributed by atoms with Crippen LogP contribution in [0.15, 0.2) is 87.8 Å². The molecule has 200 valence electrons. The molecule has 0 fully saturated rings. The Morgan fingerprint density at radius 1 is 1.05 bits per heavy atom. The molecule has 39 heavy (non-hydrogen) atoms. The van der Waals surface area contributed by atoms with Gasteiger partial charge in [0.2, 0.25) is 5.91 Å². The number of halogens is 2. The summed E-state index contributed by atoms with van der Waals surface area (Å²) in [4.78, 5) is 25.7. The second-order valence-corrected chi connectivity index (χ2v) is 10.6. The van der Waals surface area contributed by atoms with Crippen molar-refractivity contribution in [2.75, 3.05) is 11.9 Å². The van der Waals surface area contributed by atoms with Crippen LogP contribution in [-0.2, 0) is 17.8 Å². The second kappa shape index (κ2) is 13.9. The molecule has 10 heteroatoms. The standard InChI is InChI=1S/C29H25BrClN3O4S/c1-2-37-26-15-20(14-25(30)28(26)38-18-19-5-9-22(31)10-6-19)17-32-34-29(36)21-7-11-23(12-8-21)33-27(35)16-24-4-3-13-39-24/h3-15,17H,2,16,18H2,1H3,(H,33,35)(H,34,36)/b32-17+. The van der Waals surface area contributed by atoms with E-state index in [2.05, 4.69) is 31.8 Å². The fourth-order valence-electron chi connectivity index (χ4n) is 3.51. The summed E-state index contributed by atoms with van der Waals surface area (Å²) in [6.07, 6.45) is 1.83. The van der Waals surface area contributed by atoms with E-state index >= 15 is 0 Å². The van der Waals surface area contributed by atoms with E-state index in [0.29, 0.717) is 57.4 Å². The molecule has 1 aromatic heterocycles. The number of hydrazone groups is 1. The van der Waals surface area contributed by atoms with Gasteiger partial charge in [0.25, 0.3) is 5.91 Å². The van der Waals surface area contributed by atoms with Gasteiger partial charge < -0.3 is 14.8 Å². The highest BCUT2D eigenvalue weighted by atomic mass is 79.9. The number of benzene rings is 3. The summed E-state index contributed by atoms with van der Waals surface area (Å²) in [6.45, 7) is 2.68. The van der Waals surface area contributed by atoms with Gasteiger partial charge in [-0.15, -0.1) is 11.3 Å². The first-order valence-corrected chi connectivity index (χ1v) is 14.1. The summed E-state index contributed by atoms with van der Waals surface area (Å²) in [5.74, 6) is 0.619. The third-order valence-corrected chi connectivity index (χ3v) is 7.07. The smallest absolute Gasteiger partial charge is 0.271 e. The monoisotopic (exact) mass is 625 g/mol. The van der Waals surface area contributed by atoms with Crippen molar-refractivity contribution in [3.63, 3.8) is 0 Å². The highest BCUT2D eigenvalue weighted by Crippen LogP contribution is 2.37. The summed E-state index contributed by atoms with van der Waals surface area (Å²) in [6, 6.07) is 21.5. The minimum Gasteiger partial charge on any atom is -0.490 e. The largest absolute Gasteiger partial charge is 0.490 e. The number of carbonyl (C=O) groups excluding carboxylic acids is 2. The lowest BCUT2D eigenvalue weighted by Gasteiger charge is -2.14. The van der Waals surface area contributed by atoms with Crippen LogP contribution in [-0.4, -0.2) is 24.6 Å². The Morgan fingerprint density at radius 2 is 1.82 bits per heavy atom. The van der Waals surface area contributed by atoms with Gasteiger partial charge in [0.15, 0.2) is 11.5 Å². The molecule has 0 bridgehead atoms. The highest BCUT2D eigenvalue weighted by molar-refractivity contribution is 9.10. The number of amides is 2. The molecular formula is C29H25BrClN3O4S. The first-order valence-electron chi connectivity index (χ1n) is 12.0.